The summed E-state index contributed by atoms with van der Waals surface area (Å²) in [5.41, 5.74) is 4.79. The van der Waals surface area contributed by atoms with Crippen LogP contribution in [0.3, 0.4) is 0 Å². The molecular weight excluding hydrogens is 819 g/mol. The highest BCUT2D eigenvalue weighted by molar-refractivity contribution is 5.95. The van der Waals surface area contributed by atoms with Crippen molar-refractivity contribution in [3.8, 4) is 11.8 Å². The number of ketones is 1. The van der Waals surface area contributed by atoms with Crippen LogP contribution in [0.4, 0.5) is 0 Å². The Labute approximate surface area is 386 Å². The number of nitrogens with one attached hydrogen (secondary N) is 1. The van der Waals surface area contributed by atoms with Gasteiger partial charge in [-0.3, -0.25) is 9.59 Å². The fourth-order valence-corrected chi connectivity index (χ4v) is 15.9. The summed E-state index contributed by atoms with van der Waals surface area (Å²) in [6.45, 7) is 9.50. The maximum atomic E-state index is 14.3. The number of nitrogens with zero attached hydrogens (tertiary/aromatic N) is 1. The number of hydrogen-bond donors (Lipinski definition) is 7. The Bertz CT molecular complexity index is 2130. The number of aliphatic imine (C=N–C) groups is 1. The number of fused-ring (bicyclic) bond motifs is 10. The van der Waals surface area contributed by atoms with Crippen molar-refractivity contribution in [1.82, 2.24) is 5.32 Å². The van der Waals surface area contributed by atoms with E-state index in [0.717, 1.165) is 31.2 Å². The SMILES string of the molecule is C[C@H]1CCC2=CC[C@@H]3[C@@H](C[C@@H]([C@H]4COC(=O)C4)C#CC[C@H]4C[C@@]5(O)C6=CC(=O)[C@@H]7C[C@@H](O)[C@@H](O)C[C@]7(C)[C@H]6CC[C@]5(CCNC(N)=NCc5ccccc5)[C@H]4[C@@](C)(O)[C@H](O)C[C@H]3C)[C@@H]2C1. The van der Waals surface area contributed by atoms with Crippen LogP contribution in [0, 0.1) is 87.8 Å². The van der Waals surface area contributed by atoms with Crippen LogP contribution >= 0.6 is 0 Å². The molecule has 18 atom stereocenters. The molecule has 8 N–H and O–H groups in total. The van der Waals surface area contributed by atoms with E-state index in [4.69, 9.17) is 10.5 Å². The maximum absolute atomic E-state index is 14.3. The zero-order valence-corrected chi connectivity index (χ0v) is 39.1. The van der Waals surface area contributed by atoms with Gasteiger partial charge in [-0.2, -0.15) is 0 Å². The smallest absolute Gasteiger partial charge is 0.306 e. The lowest BCUT2D eigenvalue weighted by molar-refractivity contribution is -0.189. The van der Waals surface area contributed by atoms with Crippen molar-refractivity contribution in [3.63, 3.8) is 0 Å². The Morgan fingerprint density at radius 1 is 0.954 bits per heavy atom. The van der Waals surface area contributed by atoms with Gasteiger partial charge in [-0.15, -0.1) is 5.92 Å². The predicted octanol–water partition coefficient (Wildman–Crippen LogP) is 6.01. The van der Waals surface area contributed by atoms with Crippen LogP contribution in [0.15, 0.2) is 58.6 Å². The highest BCUT2D eigenvalue weighted by Crippen LogP contribution is 2.71. The molecule has 0 aromatic heterocycles. The van der Waals surface area contributed by atoms with Gasteiger partial charge < -0.3 is 41.3 Å². The average molecular weight is 894 g/mol. The third-order valence-corrected chi connectivity index (χ3v) is 19.2. The van der Waals surface area contributed by atoms with Gasteiger partial charge in [0.25, 0.3) is 0 Å². The number of ether oxygens (including phenoxy) is 1. The number of esters is 1. The van der Waals surface area contributed by atoms with Crippen LogP contribution in [-0.2, 0) is 20.9 Å². The van der Waals surface area contributed by atoms with Crippen molar-refractivity contribution >= 4 is 17.7 Å². The van der Waals surface area contributed by atoms with Gasteiger partial charge in [-0.05, 0) is 148 Å². The summed E-state index contributed by atoms with van der Waals surface area (Å²) in [5.74, 6) is 7.18. The van der Waals surface area contributed by atoms with Gasteiger partial charge in [0.15, 0.2) is 11.7 Å². The molecule has 8 aliphatic rings. The van der Waals surface area contributed by atoms with Crippen LogP contribution in [-0.4, -0.2) is 85.9 Å². The first-order valence-corrected chi connectivity index (χ1v) is 25.1. The van der Waals surface area contributed by atoms with Crippen LogP contribution in [0.25, 0.3) is 0 Å². The number of carbonyl (C=O) groups excluding carboxylic acids is 2. The zero-order valence-electron chi connectivity index (χ0n) is 39.1. The Morgan fingerprint density at radius 2 is 1.74 bits per heavy atom. The number of allylic oxidation sites excluding steroid dienone is 3. The molecule has 7 aliphatic carbocycles. The topological polar surface area (TPSA) is 195 Å². The van der Waals surface area contributed by atoms with Gasteiger partial charge in [0.1, 0.15) is 0 Å². The molecule has 0 unspecified atom stereocenters. The molecule has 1 aromatic carbocycles. The highest BCUT2D eigenvalue weighted by Gasteiger charge is 2.73. The summed E-state index contributed by atoms with van der Waals surface area (Å²) in [6.07, 6.45) is 9.43. The van der Waals surface area contributed by atoms with Crippen molar-refractivity contribution in [2.45, 2.75) is 154 Å². The Morgan fingerprint density at radius 3 is 2.49 bits per heavy atom. The quantitative estimate of drug-likeness (QED) is 0.0585. The second kappa shape index (κ2) is 17.8. The molecule has 354 valence electrons. The highest BCUT2D eigenvalue weighted by atomic mass is 16.5. The minimum atomic E-state index is -1.66. The zero-order chi connectivity index (χ0) is 46.1. The Balaban J connectivity index is 1.12. The van der Waals surface area contributed by atoms with E-state index >= 15 is 0 Å². The van der Waals surface area contributed by atoms with E-state index in [2.05, 4.69) is 42.1 Å². The maximum Gasteiger partial charge on any atom is 0.306 e. The molecule has 1 aliphatic heterocycles. The number of nitrogens with two attached hydrogens (primary N) is 1. The van der Waals surface area contributed by atoms with E-state index in [1.165, 1.54) is 6.42 Å². The lowest BCUT2D eigenvalue weighted by Crippen LogP contribution is -2.64. The van der Waals surface area contributed by atoms with Crippen molar-refractivity contribution in [2.75, 3.05) is 13.2 Å². The second-order valence-corrected chi connectivity index (χ2v) is 22.8. The second-order valence-electron chi connectivity index (χ2n) is 22.8. The van der Waals surface area contributed by atoms with E-state index in [1.807, 2.05) is 37.3 Å². The average Bonchev–Trinajstić information content (AvgIpc) is 3.82. The monoisotopic (exact) mass is 894 g/mol. The minimum absolute atomic E-state index is 0.0186. The van der Waals surface area contributed by atoms with Gasteiger partial charge in [-0.25, -0.2) is 4.99 Å². The molecule has 11 heteroatoms. The van der Waals surface area contributed by atoms with E-state index in [-0.39, 0.29) is 72.5 Å². The van der Waals surface area contributed by atoms with Gasteiger partial charge in [0.2, 0.25) is 0 Å². The number of cyclic esters (lactones) is 1. The van der Waals surface area contributed by atoms with Crippen LogP contribution in [0.2, 0.25) is 0 Å². The third-order valence-electron chi connectivity index (χ3n) is 19.2. The van der Waals surface area contributed by atoms with E-state index in [9.17, 15) is 35.1 Å². The van der Waals surface area contributed by atoms with Crippen LogP contribution < -0.4 is 11.1 Å². The van der Waals surface area contributed by atoms with E-state index in [1.54, 1.807) is 18.6 Å². The number of carbonyl (C=O) groups is 2. The molecule has 5 fully saturated rings. The van der Waals surface area contributed by atoms with E-state index in [0.29, 0.717) is 81.5 Å². The predicted molar refractivity (Wildman–Crippen MR) is 248 cm³/mol. The molecule has 9 rings (SSSR count). The number of aliphatic hydroxyl groups excluding tert-OH is 3. The summed E-state index contributed by atoms with van der Waals surface area (Å²) in [5, 5.41) is 65.2. The molecule has 1 aromatic rings. The normalized spacial score (nSPS) is 46.3. The summed E-state index contributed by atoms with van der Waals surface area (Å²) in [4.78, 5) is 31.6. The lowest BCUT2D eigenvalue weighted by atomic mass is 9.44. The molecule has 65 heavy (non-hydrogen) atoms. The van der Waals surface area contributed by atoms with Gasteiger partial charge >= 0.3 is 5.97 Å². The summed E-state index contributed by atoms with van der Waals surface area (Å²) in [6, 6.07) is 9.87. The summed E-state index contributed by atoms with van der Waals surface area (Å²) >= 11 is 0. The van der Waals surface area contributed by atoms with Crippen molar-refractivity contribution in [2.24, 2.45) is 86.7 Å². The van der Waals surface area contributed by atoms with Crippen LogP contribution in [0.1, 0.15) is 123 Å². The third kappa shape index (κ3) is 8.23. The summed E-state index contributed by atoms with van der Waals surface area (Å²) < 4.78 is 5.60. The van der Waals surface area contributed by atoms with Gasteiger partial charge in [0.05, 0.1) is 49.1 Å². The number of hydrogen-bond acceptors (Lipinski definition) is 9. The standard InChI is InChI=1S/C54H75N3O8/c1-31-13-14-34-15-16-38-32(2)22-47(61)52(4,63)49-36(12-8-11-35(23-40(38)39(34)21-31)37-24-48(62)65-30-37)27-54(64)42-25-44(58)43-26-45(59)46(60)28-51(43,3)41(42)17-18-53(49,54)19-20-56-50(55)57-29-33-9-6-5-7-10-33/h5-7,9-10,15,25,31-32,35-41,43,45-47,49,59-61,63-64H,12-14,16-24,26-30H2,1-4H3,(H3,55,56,57)/t31-,32+,35-,36-,37+,38-,39+,40+,41-,43-,45+,46-,47+,49+,51+,52-,53-,54+/m0/s1. The van der Waals surface area contributed by atoms with Gasteiger partial charge in [-0.1, -0.05) is 68.7 Å². The molecule has 0 radical (unpaired) electrons. The summed E-state index contributed by atoms with van der Waals surface area (Å²) in [7, 11) is 0. The molecule has 0 amide bonds. The number of guanidine groups is 1. The number of rotatable bonds is 6. The molecule has 4 saturated carbocycles. The largest absolute Gasteiger partial charge is 0.465 e. The molecular formula is C54H75N3O8. The molecule has 0 bridgehead atoms. The fraction of sp³-hybridized carbons (Fsp3) is 0.722. The molecule has 1 saturated heterocycles. The Hall–Kier alpha value is -3.53. The van der Waals surface area contributed by atoms with Crippen molar-refractivity contribution < 1.29 is 39.9 Å². The van der Waals surface area contributed by atoms with Gasteiger partial charge in [0, 0.05) is 42.1 Å². The number of aliphatic hydroxyl groups is 5. The van der Waals surface area contributed by atoms with Crippen LogP contribution in [0.5, 0.6) is 0 Å². The fourth-order valence-electron chi connectivity index (χ4n) is 15.9. The van der Waals surface area contributed by atoms with Crippen molar-refractivity contribution in [3.05, 3.63) is 59.2 Å². The Kier molecular flexibility index (Phi) is 12.8. The molecule has 1 heterocycles. The first kappa shape index (κ1) is 46.6. The minimum Gasteiger partial charge on any atom is -0.465 e. The lowest BCUT2D eigenvalue weighted by Gasteiger charge is -2.61. The van der Waals surface area contributed by atoms with Crippen molar-refractivity contribution in [1.29, 1.82) is 0 Å². The van der Waals surface area contributed by atoms with E-state index < -0.39 is 52.2 Å². The first-order valence-electron chi connectivity index (χ1n) is 25.1. The molecule has 11 nitrogen and oxygen atoms in total. The first-order chi connectivity index (χ1) is 30.9. The molecule has 0 spiro atoms. The number of benzene rings is 1.